The van der Waals surface area contributed by atoms with Crippen LogP contribution in [0.5, 0.6) is 5.88 Å². The molecule has 0 aromatic carbocycles. The maximum atomic E-state index is 13.4. The third-order valence-electron chi connectivity index (χ3n) is 6.40. The first-order valence-corrected chi connectivity index (χ1v) is 14.4. The van der Waals surface area contributed by atoms with Crippen LogP contribution in [0.4, 0.5) is 5.69 Å². The number of hydrogen-bond acceptors (Lipinski definition) is 8. The number of sulfonamides is 1. The van der Waals surface area contributed by atoms with Crippen molar-refractivity contribution in [2.24, 2.45) is 0 Å². The third-order valence-corrected chi connectivity index (χ3v) is 8.90. The Balaban J connectivity index is 1.36. The van der Waals surface area contributed by atoms with Gasteiger partial charge in [-0.15, -0.1) is 11.3 Å². The topological polar surface area (TPSA) is 93.7 Å². The fourth-order valence-corrected chi connectivity index (χ4v) is 6.75. The zero-order valence-electron chi connectivity index (χ0n) is 20.3. The lowest BCUT2D eigenvalue weighted by atomic mass is 10.0. The second-order valence-electron chi connectivity index (χ2n) is 8.96. The molecule has 1 N–H and O–H groups in total. The molecule has 0 saturated carbocycles. The molecule has 0 atom stereocenters. The van der Waals surface area contributed by atoms with E-state index in [0.29, 0.717) is 25.3 Å². The normalized spacial score (nSPS) is 17.0. The van der Waals surface area contributed by atoms with Crippen molar-refractivity contribution in [1.29, 1.82) is 0 Å². The maximum absolute atomic E-state index is 13.4. The Morgan fingerprint density at radius 3 is 2.75 bits per heavy atom. The van der Waals surface area contributed by atoms with Crippen LogP contribution in [0.15, 0.2) is 53.8 Å². The molecule has 1 fully saturated rings. The second kappa shape index (κ2) is 11.1. The summed E-state index contributed by atoms with van der Waals surface area (Å²) in [5, 5.41) is 0. The summed E-state index contributed by atoms with van der Waals surface area (Å²) < 4.78 is 40.1. The first kappa shape index (κ1) is 24.9. The summed E-state index contributed by atoms with van der Waals surface area (Å²) in [7, 11) is -2.56. The smallest absolute Gasteiger partial charge is 0.267 e. The average Bonchev–Trinajstić information content (AvgIpc) is 3.38. The van der Waals surface area contributed by atoms with Crippen molar-refractivity contribution in [3.8, 4) is 16.3 Å². The maximum Gasteiger partial charge on any atom is 0.267 e. The Morgan fingerprint density at radius 2 is 1.97 bits per heavy atom. The molecule has 5 rings (SSSR count). The number of methoxy groups -OCH3 is 1. The van der Waals surface area contributed by atoms with Crippen LogP contribution in [0.1, 0.15) is 36.1 Å². The number of anilines is 1. The SMILES string of the molecule is COc1ncc(C2=CCOCC2)cc1S(=O)(=O)Nc1cncc(-c2ccc(CN3CCCCC3)s2)c1. The van der Waals surface area contributed by atoms with Crippen molar-refractivity contribution in [3.05, 3.63) is 59.4 Å². The number of ether oxygens (including phenoxy) is 2. The minimum absolute atomic E-state index is 0.0137. The predicted octanol–water partition coefficient (Wildman–Crippen LogP) is 4.80. The Bertz CT molecular complexity index is 1350. The Kier molecular flexibility index (Phi) is 7.66. The highest BCUT2D eigenvalue weighted by Gasteiger charge is 2.23. The van der Waals surface area contributed by atoms with Crippen LogP contribution in [0.25, 0.3) is 16.0 Å². The van der Waals surface area contributed by atoms with Gasteiger partial charge in [0.2, 0.25) is 5.88 Å². The molecule has 2 aliphatic heterocycles. The number of likely N-dealkylation sites (tertiary alicyclic amines) is 1. The van der Waals surface area contributed by atoms with E-state index in [1.54, 1.807) is 29.8 Å². The summed E-state index contributed by atoms with van der Waals surface area (Å²) in [6.45, 7) is 4.35. The summed E-state index contributed by atoms with van der Waals surface area (Å²) in [4.78, 5) is 13.4. The van der Waals surface area contributed by atoms with E-state index in [1.165, 1.54) is 37.4 Å². The number of nitrogens with zero attached hydrogens (tertiary/aromatic N) is 3. The number of hydrogen-bond donors (Lipinski definition) is 1. The molecule has 10 heteroatoms. The molecular formula is C26H30N4O4S2. The van der Waals surface area contributed by atoms with Crippen LogP contribution < -0.4 is 9.46 Å². The van der Waals surface area contributed by atoms with Crippen molar-refractivity contribution in [2.45, 2.75) is 37.1 Å². The van der Waals surface area contributed by atoms with Gasteiger partial charge < -0.3 is 9.47 Å². The Labute approximate surface area is 216 Å². The third kappa shape index (κ3) is 5.78. The quantitative estimate of drug-likeness (QED) is 0.450. The number of piperidine rings is 1. The summed E-state index contributed by atoms with van der Waals surface area (Å²) in [5.41, 5.74) is 3.01. The van der Waals surface area contributed by atoms with Gasteiger partial charge >= 0.3 is 0 Å². The number of aromatic nitrogens is 2. The number of thiophene rings is 1. The highest BCUT2D eigenvalue weighted by molar-refractivity contribution is 7.92. The lowest BCUT2D eigenvalue weighted by molar-refractivity contribution is 0.161. The van der Waals surface area contributed by atoms with Crippen molar-refractivity contribution in [2.75, 3.05) is 38.1 Å². The van der Waals surface area contributed by atoms with Gasteiger partial charge in [-0.25, -0.2) is 13.4 Å². The monoisotopic (exact) mass is 526 g/mol. The highest BCUT2D eigenvalue weighted by atomic mass is 32.2. The van der Waals surface area contributed by atoms with Gasteiger partial charge in [-0.2, -0.15) is 0 Å². The van der Waals surface area contributed by atoms with E-state index >= 15 is 0 Å². The Hall–Kier alpha value is -2.79. The average molecular weight is 527 g/mol. The predicted molar refractivity (Wildman–Crippen MR) is 142 cm³/mol. The van der Waals surface area contributed by atoms with Crippen molar-refractivity contribution in [1.82, 2.24) is 14.9 Å². The zero-order valence-corrected chi connectivity index (χ0v) is 21.9. The molecule has 0 unspecified atom stereocenters. The van der Waals surface area contributed by atoms with E-state index in [0.717, 1.165) is 41.2 Å². The van der Waals surface area contributed by atoms with E-state index in [9.17, 15) is 8.42 Å². The van der Waals surface area contributed by atoms with Crippen molar-refractivity contribution < 1.29 is 17.9 Å². The zero-order chi connectivity index (χ0) is 25.0. The molecule has 0 spiro atoms. The van der Waals surface area contributed by atoms with Gasteiger partial charge in [0, 0.05) is 34.3 Å². The van der Waals surface area contributed by atoms with Gasteiger partial charge in [0.05, 0.1) is 32.2 Å². The molecule has 3 aromatic rings. The first-order chi connectivity index (χ1) is 17.5. The molecule has 190 valence electrons. The summed E-state index contributed by atoms with van der Waals surface area (Å²) >= 11 is 1.72. The van der Waals surface area contributed by atoms with Gasteiger partial charge in [0.25, 0.3) is 10.0 Å². The molecular weight excluding hydrogens is 496 g/mol. The molecule has 0 bridgehead atoms. The van der Waals surface area contributed by atoms with Gasteiger partial charge in [-0.05, 0) is 67.8 Å². The van der Waals surface area contributed by atoms with Gasteiger partial charge in [-0.1, -0.05) is 12.5 Å². The standard InChI is InChI=1S/C26H30N4O4S2/c1-33-26-25(14-20(16-28-26)19-7-11-34-12-8-19)36(31,32)29-22-13-21(15-27-17-22)24-6-5-23(35-24)18-30-9-3-2-4-10-30/h5-7,13-17,29H,2-4,8-12,18H2,1H3. The molecule has 0 amide bonds. The van der Waals surface area contributed by atoms with E-state index in [-0.39, 0.29) is 10.8 Å². The van der Waals surface area contributed by atoms with Crippen LogP contribution in [-0.4, -0.2) is 56.7 Å². The number of nitrogens with one attached hydrogen (secondary N) is 1. The van der Waals surface area contributed by atoms with Crippen LogP contribution in [0.3, 0.4) is 0 Å². The summed E-state index contributed by atoms with van der Waals surface area (Å²) in [6.07, 6.45) is 11.4. The lowest BCUT2D eigenvalue weighted by Gasteiger charge is -2.25. The van der Waals surface area contributed by atoms with Crippen LogP contribution >= 0.6 is 11.3 Å². The van der Waals surface area contributed by atoms with E-state index < -0.39 is 10.0 Å². The van der Waals surface area contributed by atoms with Crippen molar-refractivity contribution >= 4 is 32.6 Å². The van der Waals surface area contributed by atoms with Crippen LogP contribution in [0.2, 0.25) is 0 Å². The van der Waals surface area contributed by atoms with E-state index in [4.69, 9.17) is 9.47 Å². The van der Waals surface area contributed by atoms with Gasteiger partial charge in [0.1, 0.15) is 4.90 Å². The lowest BCUT2D eigenvalue weighted by Crippen LogP contribution is -2.28. The van der Waals surface area contributed by atoms with Crippen molar-refractivity contribution in [3.63, 3.8) is 0 Å². The molecule has 0 aliphatic carbocycles. The molecule has 0 radical (unpaired) electrons. The molecule has 8 nitrogen and oxygen atoms in total. The van der Waals surface area contributed by atoms with E-state index in [1.807, 2.05) is 12.1 Å². The largest absolute Gasteiger partial charge is 0.480 e. The Morgan fingerprint density at radius 1 is 1.11 bits per heavy atom. The minimum Gasteiger partial charge on any atom is -0.480 e. The summed E-state index contributed by atoms with van der Waals surface area (Å²) in [5.74, 6) is 0.0450. The van der Waals surface area contributed by atoms with Gasteiger partial charge in [-0.3, -0.25) is 14.6 Å². The molecule has 5 heterocycles. The fourth-order valence-electron chi connectivity index (χ4n) is 4.54. The van der Waals surface area contributed by atoms with Gasteiger partial charge in [0.15, 0.2) is 0 Å². The fraction of sp³-hybridized carbons (Fsp3) is 0.385. The van der Waals surface area contributed by atoms with E-state index in [2.05, 4.69) is 31.7 Å². The number of rotatable bonds is 8. The summed E-state index contributed by atoms with van der Waals surface area (Å²) in [6, 6.07) is 7.65. The molecule has 1 saturated heterocycles. The molecule has 36 heavy (non-hydrogen) atoms. The number of pyridine rings is 2. The van der Waals surface area contributed by atoms with Crippen LogP contribution in [0, 0.1) is 0 Å². The van der Waals surface area contributed by atoms with Crippen LogP contribution in [-0.2, 0) is 21.3 Å². The highest BCUT2D eigenvalue weighted by Crippen LogP contribution is 2.32. The first-order valence-electron chi connectivity index (χ1n) is 12.1. The minimum atomic E-state index is -3.97. The second-order valence-corrected chi connectivity index (χ2v) is 11.8. The molecule has 2 aliphatic rings. The molecule has 3 aromatic heterocycles.